The number of benzene rings is 2. The third-order valence-electron chi connectivity index (χ3n) is 5.53. The molecule has 0 fully saturated rings. The van der Waals surface area contributed by atoms with Crippen LogP contribution in [0.4, 0.5) is 0 Å². The van der Waals surface area contributed by atoms with Crippen LogP contribution in [0, 0.1) is 0 Å². The van der Waals surface area contributed by atoms with Gasteiger partial charge in [0.05, 0.1) is 37.5 Å². The van der Waals surface area contributed by atoms with E-state index in [4.69, 9.17) is 14.2 Å². The van der Waals surface area contributed by atoms with Crippen LogP contribution in [0.1, 0.15) is 12.0 Å². The molecule has 3 rings (SSSR count). The van der Waals surface area contributed by atoms with Gasteiger partial charge in [-0.25, -0.2) is 4.98 Å². The number of amides is 2. The number of nitrogens with one attached hydrogen (secondary N) is 2. The van der Waals surface area contributed by atoms with E-state index in [1.54, 1.807) is 45.6 Å². The van der Waals surface area contributed by atoms with Crippen LogP contribution in [-0.4, -0.2) is 68.1 Å². The number of ether oxygens (including phenoxy) is 3. The molecule has 0 spiro atoms. The van der Waals surface area contributed by atoms with E-state index in [9.17, 15) is 14.4 Å². The zero-order valence-electron chi connectivity index (χ0n) is 21.2. The van der Waals surface area contributed by atoms with Crippen LogP contribution in [-0.2, 0) is 27.3 Å². The summed E-state index contributed by atoms with van der Waals surface area (Å²) in [6, 6.07) is 12.7. The number of carbonyl (C=O) groups is 2. The summed E-state index contributed by atoms with van der Waals surface area (Å²) in [5.41, 5.74) is 1.30. The highest BCUT2D eigenvalue weighted by atomic mass is 32.2. The Kier molecular flexibility index (Phi) is 10.8. The molecule has 0 saturated heterocycles. The molecule has 0 radical (unpaired) electrons. The summed E-state index contributed by atoms with van der Waals surface area (Å²) in [6.07, 6.45) is 0.711. The zero-order chi connectivity index (χ0) is 26.6. The van der Waals surface area contributed by atoms with Crippen LogP contribution in [0.15, 0.2) is 52.4 Å². The molecule has 0 aliphatic carbocycles. The molecular formula is C26H32N4O6S. The molecule has 2 N–H and O–H groups in total. The van der Waals surface area contributed by atoms with E-state index in [2.05, 4.69) is 15.6 Å². The van der Waals surface area contributed by atoms with Gasteiger partial charge >= 0.3 is 0 Å². The second kappa shape index (κ2) is 14.2. The Morgan fingerprint density at radius 3 is 2.49 bits per heavy atom. The topological polar surface area (TPSA) is 121 Å². The van der Waals surface area contributed by atoms with Crippen LogP contribution < -0.4 is 25.7 Å². The molecule has 2 amide bonds. The molecule has 198 valence electrons. The molecule has 10 nitrogen and oxygen atoms in total. The molecule has 0 saturated carbocycles. The van der Waals surface area contributed by atoms with E-state index in [0.717, 1.165) is 17.3 Å². The Labute approximate surface area is 219 Å². The first-order valence-corrected chi connectivity index (χ1v) is 12.8. The fraction of sp³-hybridized carbons (Fsp3) is 0.385. The fourth-order valence-electron chi connectivity index (χ4n) is 3.61. The fourth-order valence-corrected chi connectivity index (χ4v) is 4.47. The highest BCUT2D eigenvalue weighted by molar-refractivity contribution is 7.99. The van der Waals surface area contributed by atoms with Gasteiger partial charge in [-0.15, -0.1) is 0 Å². The number of fused-ring (bicyclic) bond motifs is 1. The molecule has 37 heavy (non-hydrogen) atoms. The van der Waals surface area contributed by atoms with Crippen molar-refractivity contribution >= 4 is 34.5 Å². The van der Waals surface area contributed by atoms with E-state index >= 15 is 0 Å². The molecule has 0 atom stereocenters. The molecule has 0 unspecified atom stereocenters. The number of carbonyl (C=O) groups excluding carboxylic acids is 2. The lowest BCUT2D eigenvalue weighted by Crippen LogP contribution is -2.31. The Morgan fingerprint density at radius 1 is 0.973 bits per heavy atom. The SMILES string of the molecule is COCCNC(=O)CSc1nc2ccccc2c(=O)n1CCC(=O)NCCc1ccc(OC)c(OC)c1. The van der Waals surface area contributed by atoms with Crippen molar-refractivity contribution in [3.8, 4) is 11.5 Å². The van der Waals surface area contributed by atoms with Crippen LogP contribution in [0.2, 0.25) is 0 Å². The average Bonchev–Trinajstić information content (AvgIpc) is 2.91. The largest absolute Gasteiger partial charge is 0.493 e. The summed E-state index contributed by atoms with van der Waals surface area (Å²) in [5.74, 6) is 0.988. The van der Waals surface area contributed by atoms with E-state index < -0.39 is 0 Å². The number of hydrogen-bond donors (Lipinski definition) is 2. The number of thioether (sulfide) groups is 1. The zero-order valence-corrected chi connectivity index (χ0v) is 22.1. The first-order valence-electron chi connectivity index (χ1n) is 11.8. The number of para-hydroxylation sites is 1. The molecule has 1 heterocycles. The lowest BCUT2D eigenvalue weighted by molar-refractivity contribution is -0.121. The van der Waals surface area contributed by atoms with Gasteiger partial charge < -0.3 is 24.8 Å². The van der Waals surface area contributed by atoms with Crippen molar-refractivity contribution in [2.75, 3.05) is 46.8 Å². The summed E-state index contributed by atoms with van der Waals surface area (Å²) in [4.78, 5) is 42.5. The lowest BCUT2D eigenvalue weighted by Gasteiger charge is -2.13. The normalized spacial score (nSPS) is 10.8. The van der Waals surface area contributed by atoms with Crippen molar-refractivity contribution < 1.29 is 23.8 Å². The molecule has 3 aromatic rings. The molecule has 0 aliphatic rings. The smallest absolute Gasteiger partial charge is 0.262 e. The first-order chi connectivity index (χ1) is 18.0. The van der Waals surface area contributed by atoms with Gasteiger partial charge in [0.2, 0.25) is 11.8 Å². The van der Waals surface area contributed by atoms with Gasteiger partial charge in [0.1, 0.15) is 0 Å². The van der Waals surface area contributed by atoms with Gasteiger partial charge in [-0.05, 0) is 36.2 Å². The van der Waals surface area contributed by atoms with Gasteiger partial charge in [0.15, 0.2) is 16.7 Å². The summed E-state index contributed by atoms with van der Waals surface area (Å²) in [7, 11) is 4.72. The predicted molar refractivity (Wildman–Crippen MR) is 142 cm³/mol. The maximum Gasteiger partial charge on any atom is 0.262 e. The van der Waals surface area contributed by atoms with E-state index in [1.807, 2.05) is 18.2 Å². The Bertz CT molecular complexity index is 1280. The predicted octanol–water partition coefficient (Wildman–Crippen LogP) is 2.02. The highest BCUT2D eigenvalue weighted by Gasteiger charge is 2.14. The van der Waals surface area contributed by atoms with E-state index in [-0.39, 0.29) is 36.1 Å². The number of methoxy groups -OCH3 is 3. The van der Waals surface area contributed by atoms with Crippen molar-refractivity contribution in [1.82, 2.24) is 20.2 Å². The number of rotatable bonds is 14. The lowest BCUT2D eigenvalue weighted by atomic mass is 10.1. The van der Waals surface area contributed by atoms with Gasteiger partial charge in [-0.3, -0.25) is 19.0 Å². The van der Waals surface area contributed by atoms with Crippen LogP contribution in [0.5, 0.6) is 11.5 Å². The van der Waals surface area contributed by atoms with Crippen LogP contribution in [0.25, 0.3) is 10.9 Å². The molecule has 2 aromatic carbocycles. The van der Waals surface area contributed by atoms with Gasteiger partial charge in [0, 0.05) is 33.2 Å². The molecule has 0 aliphatic heterocycles. The number of nitrogens with zero attached hydrogens (tertiary/aromatic N) is 2. The average molecular weight is 529 g/mol. The Morgan fingerprint density at radius 2 is 1.73 bits per heavy atom. The summed E-state index contributed by atoms with van der Waals surface area (Å²) >= 11 is 1.16. The summed E-state index contributed by atoms with van der Waals surface area (Å²) < 4.78 is 17.0. The van der Waals surface area contributed by atoms with E-state index in [0.29, 0.717) is 53.7 Å². The molecule has 0 bridgehead atoms. The minimum atomic E-state index is -0.244. The van der Waals surface area contributed by atoms with Crippen molar-refractivity contribution in [3.63, 3.8) is 0 Å². The Balaban J connectivity index is 1.62. The number of aromatic nitrogens is 2. The van der Waals surface area contributed by atoms with Crippen molar-refractivity contribution in [3.05, 3.63) is 58.4 Å². The Hall–Kier alpha value is -3.57. The summed E-state index contributed by atoms with van der Waals surface area (Å²) in [5, 5.41) is 6.50. The molecular weight excluding hydrogens is 496 g/mol. The van der Waals surface area contributed by atoms with Crippen LogP contribution in [0.3, 0.4) is 0 Å². The standard InChI is InChI=1S/C26H32N4O6S/c1-34-15-13-28-24(32)17-37-26-29-20-7-5-4-6-19(20)25(33)30(26)14-11-23(31)27-12-10-18-8-9-21(35-2)22(16-18)36-3/h4-9,16H,10-15,17H2,1-3H3,(H,27,31)(H,28,32). The van der Waals surface area contributed by atoms with Crippen molar-refractivity contribution in [1.29, 1.82) is 0 Å². The monoisotopic (exact) mass is 528 g/mol. The van der Waals surface area contributed by atoms with Crippen LogP contribution >= 0.6 is 11.8 Å². The van der Waals surface area contributed by atoms with Crippen molar-refractivity contribution in [2.45, 2.75) is 24.5 Å². The third-order valence-corrected chi connectivity index (χ3v) is 6.51. The van der Waals surface area contributed by atoms with Gasteiger partial charge in [-0.1, -0.05) is 30.0 Å². The second-order valence-corrected chi connectivity index (χ2v) is 8.98. The van der Waals surface area contributed by atoms with Gasteiger partial charge in [0.25, 0.3) is 5.56 Å². The second-order valence-electron chi connectivity index (χ2n) is 8.04. The number of hydrogen-bond acceptors (Lipinski definition) is 8. The molecule has 11 heteroatoms. The quantitative estimate of drug-likeness (QED) is 0.185. The highest BCUT2D eigenvalue weighted by Crippen LogP contribution is 2.27. The minimum absolute atomic E-state index is 0.0893. The maximum absolute atomic E-state index is 13.2. The maximum atomic E-state index is 13.2. The van der Waals surface area contributed by atoms with Crippen molar-refractivity contribution in [2.24, 2.45) is 0 Å². The summed E-state index contributed by atoms with van der Waals surface area (Å²) in [6.45, 7) is 1.39. The third kappa shape index (κ3) is 7.96. The minimum Gasteiger partial charge on any atom is -0.493 e. The first kappa shape index (κ1) is 28.0. The van der Waals surface area contributed by atoms with E-state index in [1.165, 1.54) is 4.57 Å². The molecule has 1 aromatic heterocycles. The van der Waals surface area contributed by atoms with Gasteiger partial charge in [-0.2, -0.15) is 0 Å².